The number of hydrogen-bond donors (Lipinski definition) is 1. The second-order valence-corrected chi connectivity index (χ2v) is 7.11. The van der Waals surface area contributed by atoms with Gasteiger partial charge >= 0.3 is 0 Å². The summed E-state index contributed by atoms with van der Waals surface area (Å²) in [5, 5.41) is 9.21. The van der Waals surface area contributed by atoms with Crippen LogP contribution < -0.4 is 5.73 Å². The Labute approximate surface area is 165 Å². The average molecular weight is 383 g/mol. The molecule has 0 atom stereocenters. The van der Waals surface area contributed by atoms with Crippen molar-refractivity contribution in [3.63, 3.8) is 0 Å². The first kappa shape index (κ1) is 20.7. The highest BCUT2D eigenvalue weighted by molar-refractivity contribution is 8.22. The maximum Gasteiger partial charge on any atom is 0.257 e. The Hall–Kier alpha value is -2.60. The normalized spacial score (nSPS) is 19.1. The number of nitrogens with two attached hydrogens (primary N) is 1. The lowest BCUT2D eigenvalue weighted by atomic mass is 10.1. The summed E-state index contributed by atoms with van der Waals surface area (Å²) in [7, 11) is 0. The van der Waals surface area contributed by atoms with Gasteiger partial charge in [-0.25, -0.2) is 4.99 Å². The first-order valence-corrected chi connectivity index (χ1v) is 9.65. The fraction of sp³-hybridized carbons (Fsp3) is 0.286. The van der Waals surface area contributed by atoms with E-state index in [-0.39, 0.29) is 0 Å². The number of allylic oxidation sites excluding steroid dienone is 8. The summed E-state index contributed by atoms with van der Waals surface area (Å²) < 4.78 is 5.90. The summed E-state index contributed by atoms with van der Waals surface area (Å²) in [4.78, 5) is 5.32. The monoisotopic (exact) mass is 382 g/mol. The molecule has 2 N–H and O–H groups in total. The van der Waals surface area contributed by atoms with Crippen LogP contribution in [0.4, 0.5) is 0 Å². The van der Waals surface area contributed by atoms with Crippen molar-refractivity contribution in [3.05, 3.63) is 71.3 Å². The van der Waals surface area contributed by atoms with Crippen LogP contribution in [0.15, 0.2) is 68.9 Å². The Balaban J connectivity index is 2.41. The van der Waals surface area contributed by atoms with Crippen LogP contribution in [-0.4, -0.2) is 15.2 Å². The lowest BCUT2D eigenvalue weighted by Gasteiger charge is -1.99. The third-order valence-electron chi connectivity index (χ3n) is 3.98. The molecular weight excluding hydrogens is 356 g/mol. The molecule has 0 bridgehead atoms. The molecule has 2 rings (SSSR count). The topological polar surface area (TPSA) is 77.3 Å². The van der Waals surface area contributed by atoms with E-state index in [0.29, 0.717) is 17.5 Å². The van der Waals surface area contributed by atoms with Gasteiger partial charge in [-0.15, -0.1) is 10.2 Å². The molecule has 6 heteroatoms. The first-order valence-electron chi connectivity index (χ1n) is 8.84. The van der Waals surface area contributed by atoms with Gasteiger partial charge in [0.1, 0.15) is 9.95 Å². The maximum atomic E-state index is 6.34. The van der Waals surface area contributed by atoms with Gasteiger partial charge in [0, 0.05) is 17.3 Å². The van der Waals surface area contributed by atoms with Crippen molar-refractivity contribution in [2.45, 2.75) is 41.0 Å². The highest BCUT2D eigenvalue weighted by atomic mass is 32.2. The largest absolute Gasteiger partial charge is 0.415 e. The SMILES string of the molecule is C=C(C)/C(=C\C=C/C)c1nnc(C2=C(N)C(=C\C)/C(=N\C=C(\C)CC)S2)o1. The second-order valence-electron chi connectivity index (χ2n) is 6.11. The van der Waals surface area contributed by atoms with Gasteiger partial charge in [0.05, 0.1) is 5.70 Å². The van der Waals surface area contributed by atoms with Crippen LogP contribution in [0.2, 0.25) is 0 Å². The minimum atomic E-state index is 0.390. The molecule has 1 aliphatic rings. The molecule has 0 fully saturated rings. The number of nitrogens with zero attached hydrogens (tertiary/aromatic N) is 3. The molecule has 142 valence electrons. The van der Waals surface area contributed by atoms with Crippen molar-refractivity contribution in [2.75, 3.05) is 0 Å². The van der Waals surface area contributed by atoms with E-state index in [1.807, 2.05) is 51.3 Å². The molecule has 0 amide bonds. The van der Waals surface area contributed by atoms with Crippen LogP contribution in [0.5, 0.6) is 0 Å². The minimum absolute atomic E-state index is 0.390. The van der Waals surface area contributed by atoms with E-state index in [0.717, 1.165) is 33.1 Å². The molecule has 1 aliphatic heterocycles. The summed E-state index contributed by atoms with van der Waals surface area (Å²) in [6, 6.07) is 0. The molecule has 27 heavy (non-hydrogen) atoms. The summed E-state index contributed by atoms with van der Waals surface area (Å²) in [6.07, 6.45) is 10.5. The van der Waals surface area contributed by atoms with Crippen molar-refractivity contribution in [3.8, 4) is 0 Å². The van der Waals surface area contributed by atoms with Crippen molar-refractivity contribution < 1.29 is 4.42 Å². The van der Waals surface area contributed by atoms with Gasteiger partial charge in [-0.1, -0.05) is 49.1 Å². The molecule has 0 unspecified atom stereocenters. The smallest absolute Gasteiger partial charge is 0.257 e. The fourth-order valence-electron chi connectivity index (χ4n) is 2.25. The van der Waals surface area contributed by atoms with E-state index in [2.05, 4.69) is 35.6 Å². The van der Waals surface area contributed by atoms with Crippen molar-refractivity contribution in [2.24, 2.45) is 10.7 Å². The van der Waals surface area contributed by atoms with Crippen LogP contribution in [0.25, 0.3) is 10.5 Å². The highest BCUT2D eigenvalue weighted by Gasteiger charge is 2.29. The van der Waals surface area contributed by atoms with E-state index in [1.54, 1.807) is 0 Å². The predicted octanol–water partition coefficient (Wildman–Crippen LogP) is 5.64. The Morgan fingerprint density at radius 3 is 2.63 bits per heavy atom. The first-order chi connectivity index (χ1) is 12.9. The van der Waals surface area contributed by atoms with E-state index in [1.165, 1.54) is 17.3 Å². The third kappa shape index (κ3) is 4.77. The van der Waals surface area contributed by atoms with E-state index in [4.69, 9.17) is 10.2 Å². The van der Waals surface area contributed by atoms with Crippen LogP contribution in [0, 0.1) is 0 Å². The van der Waals surface area contributed by atoms with E-state index in [9.17, 15) is 0 Å². The zero-order valence-corrected chi connectivity index (χ0v) is 17.4. The van der Waals surface area contributed by atoms with Gasteiger partial charge in [0.25, 0.3) is 5.89 Å². The van der Waals surface area contributed by atoms with Crippen LogP contribution >= 0.6 is 11.8 Å². The number of aliphatic imine (C=N–C) groups is 1. The highest BCUT2D eigenvalue weighted by Crippen LogP contribution is 2.42. The molecule has 1 aromatic rings. The number of aromatic nitrogens is 2. The molecule has 0 saturated carbocycles. The lowest BCUT2D eigenvalue weighted by Crippen LogP contribution is -2.02. The standard InChI is InChI=1S/C21H26N4OS/c1-7-10-11-16(13(4)5)19-24-25-20(26-19)18-17(22)15(9-3)21(27-18)23-12-14(6)8-2/h7,9-12H,4,8,22H2,1-3,5-6H3/b10-7-,14-12-,15-9+,16-11+,23-21+. The molecule has 0 saturated heterocycles. The molecule has 0 aliphatic carbocycles. The molecule has 0 radical (unpaired) electrons. The number of rotatable bonds is 6. The molecule has 1 aromatic heterocycles. The average Bonchev–Trinajstić information content (AvgIpc) is 3.24. The summed E-state index contributed by atoms with van der Waals surface area (Å²) in [6.45, 7) is 13.9. The van der Waals surface area contributed by atoms with Gasteiger partial charge in [0.2, 0.25) is 5.89 Å². The zero-order valence-electron chi connectivity index (χ0n) is 16.5. The van der Waals surface area contributed by atoms with Gasteiger partial charge in [-0.3, -0.25) is 0 Å². The van der Waals surface area contributed by atoms with Crippen molar-refractivity contribution >= 4 is 27.3 Å². The van der Waals surface area contributed by atoms with E-state index >= 15 is 0 Å². The van der Waals surface area contributed by atoms with Gasteiger partial charge in [0.15, 0.2) is 0 Å². The van der Waals surface area contributed by atoms with Crippen molar-refractivity contribution in [1.29, 1.82) is 0 Å². The quantitative estimate of drug-likeness (QED) is 0.644. The number of thioether (sulfide) groups is 1. The zero-order chi connectivity index (χ0) is 20.0. The summed E-state index contributed by atoms with van der Waals surface area (Å²) in [5.41, 5.74) is 10.7. The fourth-order valence-corrected chi connectivity index (χ4v) is 3.28. The Morgan fingerprint density at radius 2 is 2.04 bits per heavy atom. The van der Waals surface area contributed by atoms with Gasteiger partial charge < -0.3 is 10.2 Å². The van der Waals surface area contributed by atoms with Gasteiger partial charge in [-0.05, 0) is 45.8 Å². The lowest BCUT2D eigenvalue weighted by molar-refractivity contribution is 0.527. The molecule has 5 nitrogen and oxygen atoms in total. The molecule has 0 aromatic carbocycles. The van der Waals surface area contributed by atoms with Crippen LogP contribution in [-0.2, 0) is 0 Å². The van der Waals surface area contributed by atoms with E-state index < -0.39 is 0 Å². The van der Waals surface area contributed by atoms with Crippen molar-refractivity contribution in [1.82, 2.24) is 10.2 Å². The second kappa shape index (κ2) is 9.37. The Morgan fingerprint density at radius 1 is 1.30 bits per heavy atom. The summed E-state index contributed by atoms with van der Waals surface area (Å²) >= 11 is 1.45. The Kier molecular flexibility index (Phi) is 7.19. The third-order valence-corrected chi connectivity index (χ3v) is 5.09. The Bertz CT molecular complexity index is 910. The predicted molar refractivity (Wildman–Crippen MR) is 116 cm³/mol. The molecule has 0 spiro atoms. The maximum absolute atomic E-state index is 6.34. The minimum Gasteiger partial charge on any atom is -0.415 e. The molecular formula is C21H26N4OS. The van der Waals surface area contributed by atoms with Crippen LogP contribution in [0.3, 0.4) is 0 Å². The van der Waals surface area contributed by atoms with Gasteiger partial charge in [-0.2, -0.15) is 0 Å². The number of hydrogen-bond acceptors (Lipinski definition) is 6. The summed E-state index contributed by atoms with van der Waals surface area (Å²) in [5.74, 6) is 0.812. The molecule has 2 heterocycles. The van der Waals surface area contributed by atoms with Crippen LogP contribution in [0.1, 0.15) is 52.8 Å².